The van der Waals surface area contributed by atoms with Crippen LogP contribution in [0.2, 0.25) is 0 Å². The Labute approximate surface area is 135 Å². The average molecular weight is 305 g/mol. The molecule has 0 unspecified atom stereocenters. The zero-order valence-electron chi connectivity index (χ0n) is 12.9. The summed E-state index contributed by atoms with van der Waals surface area (Å²) in [5, 5.41) is 4.74. The highest BCUT2D eigenvalue weighted by Crippen LogP contribution is 2.49. The van der Waals surface area contributed by atoms with E-state index in [0.29, 0.717) is 6.54 Å². The van der Waals surface area contributed by atoms with Crippen LogP contribution in [-0.4, -0.2) is 9.78 Å². The van der Waals surface area contributed by atoms with E-state index in [0.717, 1.165) is 24.1 Å². The third kappa shape index (κ3) is 2.62. The van der Waals surface area contributed by atoms with Gasteiger partial charge in [0.1, 0.15) is 0 Å². The van der Waals surface area contributed by atoms with Gasteiger partial charge in [0.2, 0.25) is 0 Å². The molecule has 4 rings (SSSR count). The van der Waals surface area contributed by atoms with Crippen molar-refractivity contribution < 1.29 is 4.42 Å². The summed E-state index contributed by atoms with van der Waals surface area (Å²) < 4.78 is 7.16. The maximum atomic E-state index is 5.77. The minimum absolute atomic E-state index is 0.00686. The molecule has 4 heteroatoms. The largest absolute Gasteiger partial charge is 0.472 e. The maximum absolute atomic E-state index is 5.77. The fraction of sp³-hybridized carbons (Fsp3) is 0.211. The Hall–Kier alpha value is -2.59. The van der Waals surface area contributed by atoms with Crippen LogP contribution < -0.4 is 5.73 Å². The molecular formula is C19H19N3O. The Bertz CT molecular complexity index is 826. The fourth-order valence-corrected chi connectivity index (χ4v) is 2.97. The molecule has 2 N–H and O–H groups in total. The second-order valence-corrected chi connectivity index (χ2v) is 6.01. The Morgan fingerprint density at radius 2 is 2.13 bits per heavy atom. The van der Waals surface area contributed by atoms with Crippen LogP contribution in [0.3, 0.4) is 0 Å². The van der Waals surface area contributed by atoms with Crippen LogP contribution in [0.25, 0.3) is 12.2 Å². The van der Waals surface area contributed by atoms with E-state index in [2.05, 4.69) is 35.1 Å². The molecule has 0 amide bonds. The number of hydrogen-bond acceptors (Lipinski definition) is 3. The number of furan rings is 1. The van der Waals surface area contributed by atoms with E-state index in [4.69, 9.17) is 15.2 Å². The smallest absolute Gasteiger partial charge is 0.0974 e. The summed E-state index contributed by atoms with van der Waals surface area (Å²) in [5.41, 5.74) is 10.2. The highest BCUT2D eigenvalue weighted by molar-refractivity contribution is 5.67. The SMILES string of the molecule is NCc1cccc(C2(n3ccc(C=Cc4ccoc4)n3)CC2)c1. The van der Waals surface area contributed by atoms with Gasteiger partial charge in [-0.3, -0.25) is 4.68 Å². The number of nitrogens with two attached hydrogens (primary N) is 1. The van der Waals surface area contributed by atoms with Crippen molar-refractivity contribution in [1.82, 2.24) is 9.78 Å². The number of benzene rings is 1. The lowest BCUT2D eigenvalue weighted by Crippen LogP contribution is -2.19. The number of rotatable bonds is 5. The molecule has 0 spiro atoms. The van der Waals surface area contributed by atoms with E-state index >= 15 is 0 Å². The first kappa shape index (κ1) is 14.0. The van der Waals surface area contributed by atoms with Crippen LogP contribution >= 0.6 is 0 Å². The van der Waals surface area contributed by atoms with Crippen LogP contribution in [0.15, 0.2) is 59.5 Å². The third-order valence-corrected chi connectivity index (χ3v) is 4.46. The van der Waals surface area contributed by atoms with Gasteiger partial charge in [-0.25, -0.2) is 0 Å². The van der Waals surface area contributed by atoms with Crippen molar-refractivity contribution in [3.8, 4) is 0 Å². The predicted molar refractivity (Wildman–Crippen MR) is 90.5 cm³/mol. The zero-order valence-corrected chi connectivity index (χ0v) is 12.9. The second-order valence-electron chi connectivity index (χ2n) is 6.01. The van der Waals surface area contributed by atoms with Crippen molar-refractivity contribution in [3.05, 3.63) is 77.5 Å². The average Bonchev–Trinajstić information content (AvgIpc) is 3.00. The molecule has 1 saturated carbocycles. The van der Waals surface area contributed by atoms with Gasteiger partial charge in [-0.2, -0.15) is 5.10 Å². The number of hydrogen-bond donors (Lipinski definition) is 1. The van der Waals surface area contributed by atoms with Crippen molar-refractivity contribution in [2.45, 2.75) is 24.9 Å². The molecule has 0 radical (unpaired) electrons. The molecule has 0 saturated heterocycles. The van der Waals surface area contributed by atoms with E-state index in [1.54, 1.807) is 12.5 Å². The van der Waals surface area contributed by atoms with E-state index in [1.165, 1.54) is 11.1 Å². The van der Waals surface area contributed by atoms with Crippen molar-refractivity contribution in [2.75, 3.05) is 0 Å². The van der Waals surface area contributed by atoms with Gasteiger partial charge in [-0.05, 0) is 48.3 Å². The summed E-state index contributed by atoms with van der Waals surface area (Å²) in [6.07, 6.45) is 11.7. The molecule has 1 aliphatic carbocycles. The van der Waals surface area contributed by atoms with Crippen molar-refractivity contribution in [1.29, 1.82) is 0 Å². The van der Waals surface area contributed by atoms with Crippen LogP contribution in [0, 0.1) is 0 Å². The van der Waals surface area contributed by atoms with E-state index in [9.17, 15) is 0 Å². The summed E-state index contributed by atoms with van der Waals surface area (Å²) in [6.45, 7) is 0.571. The number of aromatic nitrogens is 2. The highest BCUT2D eigenvalue weighted by atomic mass is 16.3. The van der Waals surface area contributed by atoms with Crippen molar-refractivity contribution in [2.24, 2.45) is 5.73 Å². The molecule has 3 aromatic rings. The lowest BCUT2D eigenvalue weighted by Gasteiger charge is -2.17. The van der Waals surface area contributed by atoms with Gasteiger partial charge in [0, 0.05) is 18.3 Å². The van der Waals surface area contributed by atoms with E-state index in [-0.39, 0.29) is 5.54 Å². The van der Waals surface area contributed by atoms with Crippen molar-refractivity contribution in [3.63, 3.8) is 0 Å². The van der Waals surface area contributed by atoms with Crippen LogP contribution in [-0.2, 0) is 12.1 Å². The maximum Gasteiger partial charge on any atom is 0.0974 e. The number of nitrogens with zero attached hydrogens (tertiary/aromatic N) is 2. The Morgan fingerprint density at radius 3 is 2.87 bits per heavy atom. The highest BCUT2D eigenvalue weighted by Gasteiger charge is 2.47. The van der Waals surface area contributed by atoms with Gasteiger partial charge in [-0.15, -0.1) is 0 Å². The van der Waals surface area contributed by atoms with Crippen LogP contribution in [0.4, 0.5) is 0 Å². The third-order valence-electron chi connectivity index (χ3n) is 4.46. The molecule has 0 aliphatic heterocycles. The Morgan fingerprint density at radius 1 is 1.22 bits per heavy atom. The molecule has 2 aromatic heterocycles. The van der Waals surface area contributed by atoms with E-state index in [1.807, 2.05) is 24.3 Å². The second kappa shape index (κ2) is 5.56. The molecular weight excluding hydrogens is 286 g/mol. The summed E-state index contributed by atoms with van der Waals surface area (Å²) in [6, 6.07) is 12.5. The van der Waals surface area contributed by atoms with Gasteiger partial charge < -0.3 is 10.2 Å². The van der Waals surface area contributed by atoms with Gasteiger partial charge in [0.15, 0.2) is 0 Å². The first-order valence-electron chi connectivity index (χ1n) is 7.86. The predicted octanol–water partition coefficient (Wildman–Crippen LogP) is 3.64. The lowest BCUT2D eigenvalue weighted by atomic mass is 10.0. The van der Waals surface area contributed by atoms with Gasteiger partial charge >= 0.3 is 0 Å². The summed E-state index contributed by atoms with van der Waals surface area (Å²) in [7, 11) is 0. The first-order chi connectivity index (χ1) is 11.3. The van der Waals surface area contributed by atoms with Gasteiger partial charge in [0.05, 0.1) is 23.8 Å². The molecule has 2 heterocycles. The fourth-order valence-electron chi connectivity index (χ4n) is 2.97. The van der Waals surface area contributed by atoms with Crippen LogP contribution in [0.5, 0.6) is 0 Å². The Balaban J connectivity index is 1.60. The molecule has 4 nitrogen and oxygen atoms in total. The summed E-state index contributed by atoms with van der Waals surface area (Å²) >= 11 is 0. The minimum Gasteiger partial charge on any atom is -0.472 e. The molecule has 116 valence electrons. The summed E-state index contributed by atoms with van der Waals surface area (Å²) in [4.78, 5) is 0. The molecule has 23 heavy (non-hydrogen) atoms. The topological polar surface area (TPSA) is 57.0 Å². The molecule has 1 aromatic carbocycles. The van der Waals surface area contributed by atoms with Crippen LogP contribution in [0.1, 0.15) is 35.2 Å². The minimum atomic E-state index is 0.00686. The monoisotopic (exact) mass is 305 g/mol. The standard InChI is InChI=1S/C19H19N3O/c20-13-16-2-1-3-17(12-16)19(8-9-19)22-10-6-18(21-22)5-4-15-7-11-23-14-15/h1-7,10-12,14H,8-9,13,20H2. The lowest BCUT2D eigenvalue weighted by molar-refractivity contribution is 0.506. The quantitative estimate of drug-likeness (QED) is 0.783. The molecule has 1 fully saturated rings. The zero-order chi connectivity index (χ0) is 15.7. The Kier molecular flexibility index (Phi) is 3.39. The van der Waals surface area contributed by atoms with Gasteiger partial charge in [0.25, 0.3) is 0 Å². The molecule has 1 aliphatic rings. The normalized spacial score (nSPS) is 16.0. The molecule has 0 atom stereocenters. The molecule has 0 bridgehead atoms. The van der Waals surface area contributed by atoms with E-state index < -0.39 is 0 Å². The summed E-state index contributed by atoms with van der Waals surface area (Å²) in [5.74, 6) is 0. The van der Waals surface area contributed by atoms with Crippen molar-refractivity contribution >= 4 is 12.2 Å². The first-order valence-corrected chi connectivity index (χ1v) is 7.86. The van der Waals surface area contributed by atoms with Gasteiger partial charge in [-0.1, -0.05) is 24.3 Å².